The van der Waals surface area contributed by atoms with Crippen molar-refractivity contribution in [3.05, 3.63) is 48.4 Å². The maximum atomic E-state index is 9.07. The standard InChI is InChI=1S/C19H14N4O3/c1-24-12-4-13(25-2)6-14(5-12)26-15-7-17-16-3-11(8-20)21-10-18(16)23-19(17)22-9-15/h3-7,9-10H,1-2H3,(H,22,23). The maximum Gasteiger partial charge on any atom is 0.146 e. The number of methoxy groups -OCH3 is 2. The van der Waals surface area contributed by atoms with Crippen molar-refractivity contribution in [2.45, 2.75) is 0 Å². The summed E-state index contributed by atoms with van der Waals surface area (Å²) < 4.78 is 16.4. The molecule has 26 heavy (non-hydrogen) atoms. The third kappa shape index (κ3) is 2.74. The predicted molar refractivity (Wildman–Crippen MR) is 95.7 cm³/mol. The Morgan fingerprint density at radius 1 is 0.846 bits per heavy atom. The number of nitrogens with one attached hydrogen (secondary N) is 1. The molecule has 7 heteroatoms. The van der Waals surface area contributed by atoms with Gasteiger partial charge in [0.2, 0.25) is 0 Å². The van der Waals surface area contributed by atoms with Gasteiger partial charge in [0.1, 0.15) is 40.4 Å². The molecule has 128 valence electrons. The molecular formula is C19H14N4O3. The summed E-state index contributed by atoms with van der Waals surface area (Å²) in [4.78, 5) is 11.6. The highest BCUT2D eigenvalue weighted by Gasteiger charge is 2.10. The summed E-state index contributed by atoms with van der Waals surface area (Å²) >= 11 is 0. The van der Waals surface area contributed by atoms with Crippen molar-refractivity contribution in [3.63, 3.8) is 0 Å². The van der Waals surface area contributed by atoms with E-state index in [0.29, 0.717) is 34.3 Å². The Morgan fingerprint density at radius 2 is 1.58 bits per heavy atom. The molecule has 0 fully saturated rings. The molecule has 7 nitrogen and oxygen atoms in total. The minimum absolute atomic E-state index is 0.349. The summed E-state index contributed by atoms with van der Waals surface area (Å²) in [7, 11) is 3.16. The molecule has 1 aromatic carbocycles. The Balaban J connectivity index is 1.78. The molecule has 0 unspecified atom stereocenters. The van der Waals surface area contributed by atoms with Crippen LogP contribution < -0.4 is 14.2 Å². The van der Waals surface area contributed by atoms with Crippen molar-refractivity contribution >= 4 is 21.9 Å². The molecule has 4 rings (SSSR count). The zero-order valence-electron chi connectivity index (χ0n) is 14.1. The third-order valence-electron chi connectivity index (χ3n) is 3.99. The van der Waals surface area contributed by atoms with E-state index in [9.17, 15) is 0 Å². The van der Waals surface area contributed by atoms with Crippen LogP contribution in [0.25, 0.3) is 21.9 Å². The van der Waals surface area contributed by atoms with E-state index in [1.165, 1.54) is 0 Å². The number of rotatable bonds is 4. The molecule has 0 aliphatic rings. The van der Waals surface area contributed by atoms with Gasteiger partial charge in [-0.25, -0.2) is 9.97 Å². The number of aromatic amines is 1. The molecule has 0 aliphatic carbocycles. The van der Waals surface area contributed by atoms with Crippen LogP contribution in [-0.4, -0.2) is 29.2 Å². The smallest absolute Gasteiger partial charge is 0.146 e. The molecule has 0 saturated carbocycles. The highest BCUT2D eigenvalue weighted by Crippen LogP contribution is 2.33. The van der Waals surface area contributed by atoms with Gasteiger partial charge in [-0.15, -0.1) is 0 Å². The van der Waals surface area contributed by atoms with Gasteiger partial charge in [0.15, 0.2) is 0 Å². The van der Waals surface area contributed by atoms with Gasteiger partial charge in [-0.05, 0) is 12.1 Å². The second kappa shape index (κ2) is 6.26. The number of hydrogen-bond donors (Lipinski definition) is 1. The monoisotopic (exact) mass is 346 g/mol. The Morgan fingerprint density at radius 3 is 2.27 bits per heavy atom. The van der Waals surface area contributed by atoms with E-state index in [1.54, 1.807) is 50.9 Å². The molecule has 3 aromatic heterocycles. The minimum atomic E-state index is 0.349. The van der Waals surface area contributed by atoms with E-state index in [-0.39, 0.29) is 0 Å². The summed E-state index contributed by atoms with van der Waals surface area (Å²) in [5.41, 5.74) is 1.86. The summed E-state index contributed by atoms with van der Waals surface area (Å²) in [6, 6.07) is 10.9. The number of ether oxygens (including phenoxy) is 3. The first-order valence-corrected chi connectivity index (χ1v) is 7.78. The predicted octanol–water partition coefficient (Wildman–Crippen LogP) is 3.79. The van der Waals surface area contributed by atoms with Crippen LogP contribution in [0.5, 0.6) is 23.0 Å². The SMILES string of the molecule is COc1cc(OC)cc(Oc2cnc3[nH]c4cnc(C#N)cc4c3c2)c1. The Kier molecular flexibility index (Phi) is 3.78. The number of fused-ring (bicyclic) bond motifs is 3. The van der Waals surface area contributed by atoms with Gasteiger partial charge in [-0.2, -0.15) is 5.26 Å². The lowest BCUT2D eigenvalue weighted by atomic mass is 10.2. The summed E-state index contributed by atoms with van der Waals surface area (Å²) in [5, 5.41) is 10.8. The first kappa shape index (κ1) is 15.7. The van der Waals surface area contributed by atoms with Gasteiger partial charge in [-0.3, -0.25) is 0 Å². The van der Waals surface area contributed by atoms with Crippen molar-refractivity contribution < 1.29 is 14.2 Å². The zero-order chi connectivity index (χ0) is 18.1. The molecule has 1 N–H and O–H groups in total. The van der Waals surface area contributed by atoms with Gasteiger partial charge in [-0.1, -0.05) is 0 Å². The number of aromatic nitrogens is 3. The molecule has 0 atom stereocenters. The number of benzene rings is 1. The number of pyridine rings is 2. The van der Waals surface area contributed by atoms with Crippen molar-refractivity contribution in [1.29, 1.82) is 5.26 Å². The van der Waals surface area contributed by atoms with Gasteiger partial charge >= 0.3 is 0 Å². The van der Waals surface area contributed by atoms with Gasteiger partial charge in [0.05, 0.1) is 32.1 Å². The highest BCUT2D eigenvalue weighted by atomic mass is 16.5. The van der Waals surface area contributed by atoms with E-state index < -0.39 is 0 Å². The van der Waals surface area contributed by atoms with E-state index in [0.717, 1.165) is 16.3 Å². The van der Waals surface area contributed by atoms with Crippen LogP contribution in [-0.2, 0) is 0 Å². The van der Waals surface area contributed by atoms with E-state index >= 15 is 0 Å². The molecule has 0 saturated heterocycles. The van der Waals surface area contributed by atoms with Crippen LogP contribution in [0.2, 0.25) is 0 Å². The van der Waals surface area contributed by atoms with Gasteiger partial charge < -0.3 is 19.2 Å². The number of H-pyrrole nitrogens is 1. The van der Waals surface area contributed by atoms with E-state index in [4.69, 9.17) is 19.5 Å². The van der Waals surface area contributed by atoms with Crippen LogP contribution in [0.4, 0.5) is 0 Å². The van der Waals surface area contributed by atoms with Crippen molar-refractivity contribution in [2.75, 3.05) is 14.2 Å². The average Bonchev–Trinajstić information content (AvgIpc) is 3.04. The molecule has 3 heterocycles. The van der Waals surface area contributed by atoms with Crippen molar-refractivity contribution in [2.24, 2.45) is 0 Å². The topological polar surface area (TPSA) is 93.0 Å². The molecule has 0 radical (unpaired) electrons. The van der Waals surface area contributed by atoms with Crippen LogP contribution in [0, 0.1) is 11.3 Å². The Bertz CT molecular complexity index is 1140. The minimum Gasteiger partial charge on any atom is -0.496 e. The maximum absolute atomic E-state index is 9.07. The second-order valence-corrected chi connectivity index (χ2v) is 5.57. The molecule has 0 amide bonds. The van der Waals surface area contributed by atoms with Crippen LogP contribution in [0.3, 0.4) is 0 Å². The molecule has 0 aliphatic heterocycles. The van der Waals surface area contributed by atoms with Crippen LogP contribution >= 0.6 is 0 Å². The fraction of sp³-hybridized carbons (Fsp3) is 0.105. The summed E-state index contributed by atoms with van der Waals surface area (Å²) in [5.74, 6) is 2.39. The first-order chi connectivity index (χ1) is 12.7. The Labute approximate surface area is 148 Å². The average molecular weight is 346 g/mol. The zero-order valence-corrected chi connectivity index (χ0v) is 14.1. The fourth-order valence-electron chi connectivity index (χ4n) is 2.75. The lowest BCUT2D eigenvalue weighted by Gasteiger charge is -2.09. The van der Waals surface area contributed by atoms with E-state index in [2.05, 4.69) is 15.0 Å². The van der Waals surface area contributed by atoms with Crippen LogP contribution in [0.1, 0.15) is 5.69 Å². The molecule has 0 bridgehead atoms. The van der Waals surface area contributed by atoms with Crippen molar-refractivity contribution in [1.82, 2.24) is 15.0 Å². The molecule has 0 spiro atoms. The number of hydrogen-bond acceptors (Lipinski definition) is 6. The third-order valence-corrected chi connectivity index (χ3v) is 3.99. The summed E-state index contributed by atoms with van der Waals surface area (Å²) in [6.45, 7) is 0. The van der Waals surface area contributed by atoms with Gasteiger partial charge in [0.25, 0.3) is 0 Å². The second-order valence-electron chi connectivity index (χ2n) is 5.57. The number of nitrogens with zero attached hydrogens (tertiary/aromatic N) is 3. The fourth-order valence-corrected chi connectivity index (χ4v) is 2.75. The van der Waals surface area contributed by atoms with Gasteiger partial charge in [0, 0.05) is 29.0 Å². The quantitative estimate of drug-likeness (QED) is 0.604. The lowest BCUT2D eigenvalue weighted by molar-refractivity contribution is 0.386. The van der Waals surface area contributed by atoms with Crippen molar-refractivity contribution in [3.8, 4) is 29.1 Å². The highest BCUT2D eigenvalue weighted by molar-refractivity contribution is 6.06. The molecular weight excluding hydrogens is 332 g/mol. The number of nitriles is 1. The van der Waals surface area contributed by atoms with Crippen LogP contribution in [0.15, 0.2) is 42.7 Å². The lowest BCUT2D eigenvalue weighted by Crippen LogP contribution is -1.91. The first-order valence-electron chi connectivity index (χ1n) is 7.78. The summed E-state index contributed by atoms with van der Waals surface area (Å²) in [6.07, 6.45) is 3.26. The Hall–Kier alpha value is -3.79. The largest absolute Gasteiger partial charge is 0.496 e. The normalized spacial score (nSPS) is 10.7. The van der Waals surface area contributed by atoms with E-state index in [1.807, 2.05) is 12.1 Å². The molecule has 4 aromatic rings.